The molecule has 0 fully saturated rings. The Balaban J connectivity index is 2.69. The molecule has 0 spiro atoms. The second-order valence-corrected chi connectivity index (χ2v) is 2.73. The lowest BCUT2D eigenvalue weighted by Gasteiger charge is -2.19. The van der Waals surface area contributed by atoms with Gasteiger partial charge in [-0.3, -0.25) is 0 Å². The molecule has 0 heteroatoms. The molecular formula is C10H16. The predicted molar refractivity (Wildman–Crippen MR) is 45.9 cm³/mol. The van der Waals surface area contributed by atoms with Gasteiger partial charge in [0.25, 0.3) is 0 Å². The molecule has 1 unspecified atom stereocenters. The smallest absolute Gasteiger partial charge is 0.0276 e. The molecule has 1 aliphatic rings. The van der Waals surface area contributed by atoms with Crippen molar-refractivity contribution in [1.82, 2.24) is 0 Å². The number of hydrogen-bond donors (Lipinski definition) is 0. The molecule has 0 heterocycles. The molecule has 56 valence electrons. The van der Waals surface area contributed by atoms with Crippen LogP contribution in [-0.4, -0.2) is 0 Å². The fourth-order valence-electron chi connectivity index (χ4n) is 1.15. The molecule has 0 amide bonds. The van der Waals surface area contributed by atoms with Crippen LogP contribution in [-0.2, 0) is 0 Å². The summed E-state index contributed by atoms with van der Waals surface area (Å²) in [7, 11) is 0. The highest BCUT2D eigenvalue weighted by Gasteiger charge is 2.11. The third-order valence-corrected chi connectivity index (χ3v) is 1.90. The van der Waals surface area contributed by atoms with Crippen molar-refractivity contribution in [2.45, 2.75) is 33.0 Å². The number of hydrogen-bond acceptors (Lipinski definition) is 0. The van der Waals surface area contributed by atoms with Crippen LogP contribution in [0.2, 0.25) is 0 Å². The molecule has 10 heavy (non-hydrogen) atoms. The van der Waals surface area contributed by atoms with E-state index in [0.29, 0.717) is 24.8 Å². The summed E-state index contributed by atoms with van der Waals surface area (Å²) >= 11 is 0. The van der Waals surface area contributed by atoms with Gasteiger partial charge in [0.15, 0.2) is 0 Å². The van der Waals surface area contributed by atoms with Crippen molar-refractivity contribution in [3.63, 3.8) is 0 Å². The van der Waals surface area contributed by atoms with E-state index >= 15 is 0 Å². The topological polar surface area (TPSA) is 0 Å². The van der Waals surface area contributed by atoms with Crippen LogP contribution in [0.25, 0.3) is 0 Å². The van der Waals surface area contributed by atoms with Crippen LogP contribution in [0.3, 0.4) is 0 Å². The highest BCUT2D eigenvalue weighted by Crippen LogP contribution is 2.27. The van der Waals surface area contributed by atoms with E-state index in [2.05, 4.69) is 6.58 Å². The molecule has 0 radical (unpaired) electrons. The number of allylic oxidation sites excluding steroid dienone is 3. The van der Waals surface area contributed by atoms with Crippen LogP contribution in [0.15, 0.2) is 23.8 Å². The number of rotatable bonds is 1. The molecule has 0 aromatic carbocycles. The quantitative estimate of drug-likeness (QED) is 0.493. The van der Waals surface area contributed by atoms with Gasteiger partial charge in [-0.15, -0.1) is 0 Å². The zero-order valence-electron chi connectivity index (χ0n) is 12.0. The van der Waals surface area contributed by atoms with Gasteiger partial charge in [-0.05, 0) is 38.9 Å². The minimum Gasteiger partial charge on any atom is -0.0998 e. The van der Waals surface area contributed by atoms with Crippen molar-refractivity contribution in [2.75, 3.05) is 0 Å². The second-order valence-electron chi connectivity index (χ2n) is 2.73. The van der Waals surface area contributed by atoms with E-state index in [1.807, 2.05) is 0 Å². The van der Waals surface area contributed by atoms with Crippen molar-refractivity contribution in [2.24, 2.45) is 5.92 Å². The van der Waals surface area contributed by atoms with Crippen LogP contribution in [0.1, 0.15) is 41.2 Å². The lowest BCUT2D eigenvalue weighted by Crippen LogP contribution is -2.04. The van der Waals surface area contributed by atoms with Crippen molar-refractivity contribution < 1.29 is 8.22 Å². The molecule has 1 rings (SSSR count). The van der Waals surface area contributed by atoms with Gasteiger partial charge in [-0.2, -0.15) is 0 Å². The molecule has 0 nitrogen and oxygen atoms in total. The first-order chi connectivity index (χ1) is 7.12. The summed E-state index contributed by atoms with van der Waals surface area (Å²) in [6.07, 6.45) is 3.14. The molecule has 1 aliphatic carbocycles. The van der Waals surface area contributed by atoms with Crippen LogP contribution in [0, 0.1) is 5.92 Å². The Morgan fingerprint density at radius 3 is 3.30 bits per heavy atom. The van der Waals surface area contributed by atoms with Crippen LogP contribution < -0.4 is 0 Å². The maximum atomic E-state index is 7.25. The SMILES string of the molecule is [2H]C([2H])([2H])C(=C)C1CC=C(C([2H])([2H])[2H])CC1. The molecule has 0 saturated carbocycles. The summed E-state index contributed by atoms with van der Waals surface area (Å²) < 4.78 is 43.5. The van der Waals surface area contributed by atoms with Crippen molar-refractivity contribution in [3.8, 4) is 0 Å². The maximum Gasteiger partial charge on any atom is 0.0276 e. The molecule has 1 atom stereocenters. The third kappa shape index (κ3) is 1.73. The minimum atomic E-state index is -2.13. The van der Waals surface area contributed by atoms with Gasteiger partial charge in [-0.25, -0.2) is 0 Å². The molecule has 0 aliphatic heterocycles. The first kappa shape index (κ1) is 2.84. The zero-order valence-corrected chi connectivity index (χ0v) is 5.98. The standard InChI is InChI=1S/C10H16/c1-8(2)10-6-4-9(3)5-7-10/h4,10H,1,5-7H2,2-3H3/i2D3,3D3. The molecule has 0 aromatic heterocycles. The van der Waals surface area contributed by atoms with Crippen molar-refractivity contribution >= 4 is 0 Å². The van der Waals surface area contributed by atoms with Crippen LogP contribution in [0.4, 0.5) is 0 Å². The molecule has 0 saturated heterocycles. The molecule has 0 bridgehead atoms. The Kier molecular flexibility index (Phi) is 0.867. The van der Waals surface area contributed by atoms with E-state index in [-0.39, 0.29) is 11.5 Å². The van der Waals surface area contributed by atoms with Gasteiger partial charge >= 0.3 is 0 Å². The van der Waals surface area contributed by atoms with Gasteiger partial charge in [0.1, 0.15) is 0 Å². The Morgan fingerprint density at radius 2 is 2.80 bits per heavy atom. The first-order valence-electron chi connectivity index (χ1n) is 6.51. The van der Waals surface area contributed by atoms with Crippen molar-refractivity contribution in [3.05, 3.63) is 23.8 Å². The maximum absolute atomic E-state index is 7.25. The van der Waals surface area contributed by atoms with Gasteiger partial charge in [0.05, 0.1) is 0 Å². The molecule has 0 aromatic rings. The van der Waals surface area contributed by atoms with E-state index in [0.717, 1.165) is 0 Å². The van der Waals surface area contributed by atoms with Gasteiger partial charge in [0, 0.05) is 8.22 Å². The summed E-state index contributed by atoms with van der Waals surface area (Å²) in [5.41, 5.74) is 0.690. The Labute approximate surface area is 72.1 Å². The van der Waals surface area contributed by atoms with Gasteiger partial charge in [0.2, 0.25) is 0 Å². The highest BCUT2D eigenvalue weighted by molar-refractivity contribution is 5.09. The van der Waals surface area contributed by atoms with Gasteiger partial charge in [-0.1, -0.05) is 23.8 Å². The normalized spacial score (nSPS) is 37.2. The lowest BCUT2D eigenvalue weighted by atomic mass is 9.86. The fourth-order valence-corrected chi connectivity index (χ4v) is 1.15. The highest BCUT2D eigenvalue weighted by atomic mass is 14.2. The minimum absolute atomic E-state index is 0.112. The second kappa shape index (κ2) is 3.05. The summed E-state index contributed by atoms with van der Waals surface area (Å²) in [6.45, 7) is -0.560. The Bertz CT molecular complexity index is 306. The van der Waals surface area contributed by atoms with E-state index in [9.17, 15) is 0 Å². The first-order valence-corrected chi connectivity index (χ1v) is 3.51. The van der Waals surface area contributed by atoms with E-state index in [4.69, 9.17) is 8.22 Å². The third-order valence-electron chi connectivity index (χ3n) is 1.90. The van der Waals surface area contributed by atoms with Gasteiger partial charge < -0.3 is 0 Å². The Hall–Kier alpha value is -0.520. The lowest BCUT2D eigenvalue weighted by molar-refractivity contribution is 0.540. The van der Waals surface area contributed by atoms with E-state index in [1.54, 1.807) is 6.08 Å². The zero-order chi connectivity index (χ0) is 12.6. The van der Waals surface area contributed by atoms with Crippen LogP contribution >= 0.6 is 0 Å². The average molecular weight is 142 g/mol. The summed E-state index contributed by atoms with van der Waals surface area (Å²) in [6, 6.07) is 0. The summed E-state index contributed by atoms with van der Waals surface area (Å²) in [5, 5.41) is 0. The fraction of sp³-hybridized carbons (Fsp3) is 0.600. The summed E-state index contributed by atoms with van der Waals surface area (Å²) in [5.74, 6) is -0.112. The average Bonchev–Trinajstić information content (AvgIpc) is 2.14. The summed E-state index contributed by atoms with van der Waals surface area (Å²) in [4.78, 5) is 0. The Morgan fingerprint density at radius 1 is 1.90 bits per heavy atom. The van der Waals surface area contributed by atoms with E-state index < -0.39 is 13.7 Å². The largest absolute Gasteiger partial charge is 0.0998 e. The van der Waals surface area contributed by atoms with Crippen LogP contribution in [0.5, 0.6) is 0 Å². The molecular weight excluding hydrogens is 120 g/mol. The molecule has 0 N–H and O–H groups in total. The predicted octanol–water partition coefficient (Wildman–Crippen LogP) is 3.31. The van der Waals surface area contributed by atoms with Crippen molar-refractivity contribution in [1.29, 1.82) is 0 Å². The monoisotopic (exact) mass is 142 g/mol. The van der Waals surface area contributed by atoms with E-state index in [1.165, 1.54) is 0 Å².